The smallest absolute Gasteiger partial charge is 0.313 e. The predicted octanol–water partition coefficient (Wildman–Crippen LogP) is 2.80. The Labute approximate surface area is 129 Å². The number of hydrogen-bond acceptors (Lipinski definition) is 4. The van der Waals surface area contributed by atoms with Crippen LogP contribution in [0.3, 0.4) is 0 Å². The number of methoxy groups -OCH3 is 1. The molecule has 5 nitrogen and oxygen atoms in total. The maximum Gasteiger partial charge on any atom is 0.313 e. The molecule has 0 saturated carbocycles. The number of nitrogens with one attached hydrogen (secondary N) is 1. The molecule has 0 aliphatic rings. The molecule has 1 heterocycles. The van der Waals surface area contributed by atoms with Gasteiger partial charge >= 0.3 is 5.97 Å². The summed E-state index contributed by atoms with van der Waals surface area (Å²) in [7, 11) is 1.33. The summed E-state index contributed by atoms with van der Waals surface area (Å²) in [5.74, 6) is -0.465. The highest BCUT2D eigenvalue weighted by Crippen LogP contribution is 2.23. The van der Waals surface area contributed by atoms with Gasteiger partial charge in [-0.05, 0) is 13.3 Å². The number of ether oxygens (including phenoxy) is 1. The highest BCUT2D eigenvalue weighted by molar-refractivity contribution is 5.78. The van der Waals surface area contributed by atoms with Crippen molar-refractivity contribution in [2.45, 2.75) is 32.6 Å². The zero-order valence-corrected chi connectivity index (χ0v) is 13.1. The van der Waals surface area contributed by atoms with E-state index in [-0.39, 0.29) is 5.56 Å². The molecule has 2 aromatic rings. The first-order valence-electron chi connectivity index (χ1n) is 7.32. The second-order valence-corrected chi connectivity index (χ2v) is 5.14. The Morgan fingerprint density at radius 2 is 2.00 bits per heavy atom. The monoisotopic (exact) mass is 300 g/mol. The van der Waals surface area contributed by atoms with Crippen molar-refractivity contribution in [3.63, 3.8) is 0 Å². The number of aryl methyl sites for hydroxylation is 1. The van der Waals surface area contributed by atoms with E-state index in [1.165, 1.54) is 7.11 Å². The van der Waals surface area contributed by atoms with Crippen molar-refractivity contribution in [2.75, 3.05) is 7.11 Å². The Hall–Kier alpha value is -2.43. The van der Waals surface area contributed by atoms with Crippen LogP contribution in [0.5, 0.6) is 0 Å². The molecule has 5 heteroatoms. The third-order valence-electron chi connectivity index (χ3n) is 3.60. The number of esters is 1. The van der Waals surface area contributed by atoms with E-state index in [0.717, 1.165) is 12.0 Å². The van der Waals surface area contributed by atoms with Crippen molar-refractivity contribution in [3.05, 3.63) is 51.9 Å². The van der Waals surface area contributed by atoms with Gasteiger partial charge in [-0.25, -0.2) is 4.98 Å². The summed E-state index contributed by atoms with van der Waals surface area (Å²) in [6, 6.07) is 9.42. The Bertz CT molecular complexity index is 708. The molecular formula is C17H20N2O3. The van der Waals surface area contributed by atoms with E-state index in [1.807, 2.05) is 37.3 Å². The van der Waals surface area contributed by atoms with Crippen molar-refractivity contribution in [3.8, 4) is 11.4 Å². The normalized spacial score (nSPS) is 12.0. The standard InChI is InChI=1S/C17H20N2O3/c1-4-8-13(17(21)22-3)14-11(2)18-15(19-16(14)20)12-9-6-5-7-10-12/h5-7,9-10,13H,4,8H2,1-3H3,(H,18,19,20). The van der Waals surface area contributed by atoms with Crippen molar-refractivity contribution in [2.24, 2.45) is 0 Å². The van der Waals surface area contributed by atoms with Gasteiger partial charge in [-0.2, -0.15) is 0 Å². The van der Waals surface area contributed by atoms with Crippen molar-refractivity contribution >= 4 is 5.97 Å². The van der Waals surface area contributed by atoms with Gasteiger partial charge in [0.15, 0.2) is 0 Å². The topological polar surface area (TPSA) is 72.0 Å². The summed E-state index contributed by atoms with van der Waals surface area (Å²) < 4.78 is 4.82. The summed E-state index contributed by atoms with van der Waals surface area (Å²) in [5.41, 5.74) is 1.51. The summed E-state index contributed by atoms with van der Waals surface area (Å²) in [6.45, 7) is 3.72. The fraction of sp³-hybridized carbons (Fsp3) is 0.353. The van der Waals surface area contributed by atoms with E-state index < -0.39 is 11.9 Å². The molecule has 0 aliphatic carbocycles. The number of aromatic amines is 1. The SMILES string of the molecule is CCCC(C(=O)OC)c1c(C)nc(-c2ccccc2)[nH]c1=O. The molecule has 1 unspecified atom stereocenters. The predicted molar refractivity (Wildman–Crippen MR) is 84.7 cm³/mol. The van der Waals surface area contributed by atoms with E-state index in [0.29, 0.717) is 23.5 Å². The number of carbonyl (C=O) groups is 1. The van der Waals surface area contributed by atoms with Gasteiger partial charge in [0.1, 0.15) is 5.82 Å². The number of rotatable bonds is 5. The average molecular weight is 300 g/mol. The first-order valence-corrected chi connectivity index (χ1v) is 7.32. The van der Waals surface area contributed by atoms with Crippen LogP contribution in [0.2, 0.25) is 0 Å². The van der Waals surface area contributed by atoms with Crippen LogP contribution in [0.15, 0.2) is 35.1 Å². The molecular weight excluding hydrogens is 280 g/mol. The van der Waals surface area contributed by atoms with Gasteiger partial charge in [0.2, 0.25) is 0 Å². The number of carbonyl (C=O) groups excluding carboxylic acids is 1. The zero-order chi connectivity index (χ0) is 16.1. The molecule has 0 bridgehead atoms. The van der Waals surface area contributed by atoms with Gasteiger partial charge in [0.05, 0.1) is 18.6 Å². The molecule has 22 heavy (non-hydrogen) atoms. The summed E-state index contributed by atoms with van der Waals surface area (Å²) in [4.78, 5) is 31.7. The molecule has 116 valence electrons. The molecule has 0 saturated heterocycles. The quantitative estimate of drug-likeness (QED) is 0.862. The first-order chi connectivity index (χ1) is 10.6. The minimum atomic E-state index is -0.573. The lowest BCUT2D eigenvalue weighted by molar-refractivity contribution is -0.142. The molecule has 1 aromatic heterocycles. The van der Waals surface area contributed by atoms with E-state index >= 15 is 0 Å². The van der Waals surface area contributed by atoms with Crippen LogP contribution < -0.4 is 5.56 Å². The minimum absolute atomic E-state index is 0.282. The highest BCUT2D eigenvalue weighted by atomic mass is 16.5. The molecule has 1 aromatic carbocycles. The summed E-state index contributed by atoms with van der Waals surface area (Å²) in [6.07, 6.45) is 1.34. The molecule has 1 atom stereocenters. The third-order valence-corrected chi connectivity index (χ3v) is 3.60. The lowest BCUT2D eigenvalue weighted by Crippen LogP contribution is -2.26. The molecule has 0 aliphatic heterocycles. The summed E-state index contributed by atoms with van der Waals surface area (Å²) >= 11 is 0. The van der Waals surface area contributed by atoms with Crippen LogP contribution in [-0.2, 0) is 9.53 Å². The Morgan fingerprint density at radius 3 is 2.55 bits per heavy atom. The zero-order valence-electron chi connectivity index (χ0n) is 13.1. The molecule has 0 radical (unpaired) electrons. The Morgan fingerprint density at radius 1 is 1.32 bits per heavy atom. The van der Waals surface area contributed by atoms with Crippen molar-refractivity contribution < 1.29 is 9.53 Å². The van der Waals surface area contributed by atoms with E-state index in [9.17, 15) is 9.59 Å². The number of benzene rings is 1. The lowest BCUT2D eigenvalue weighted by Gasteiger charge is -2.15. The van der Waals surface area contributed by atoms with Gasteiger partial charge in [0, 0.05) is 11.3 Å². The second-order valence-electron chi connectivity index (χ2n) is 5.14. The van der Waals surface area contributed by atoms with Crippen molar-refractivity contribution in [1.82, 2.24) is 9.97 Å². The van der Waals surface area contributed by atoms with E-state index in [1.54, 1.807) is 6.92 Å². The number of aromatic nitrogens is 2. The first kappa shape index (κ1) is 15.9. The average Bonchev–Trinajstić information content (AvgIpc) is 2.53. The molecule has 0 spiro atoms. The largest absolute Gasteiger partial charge is 0.469 e. The molecule has 0 amide bonds. The maximum absolute atomic E-state index is 12.5. The van der Waals surface area contributed by atoms with Crippen molar-refractivity contribution in [1.29, 1.82) is 0 Å². The Balaban J connectivity index is 2.51. The van der Waals surface area contributed by atoms with E-state index in [4.69, 9.17) is 4.74 Å². The van der Waals surface area contributed by atoms with Gasteiger partial charge in [-0.3, -0.25) is 9.59 Å². The fourth-order valence-electron chi connectivity index (χ4n) is 2.55. The number of hydrogen-bond donors (Lipinski definition) is 1. The van der Waals surface area contributed by atoms with Crippen LogP contribution in [-0.4, -0.2) is 23.0 Å². The molecule has 0 fully saturated rings. The van der Waals surface area contributed by atoms with Crippen LogP contribution in [0.25, 0.3) is 11.4 Å². The lowest BCUT2D eigenvalue weighted by atomic mass is 9.94. The molecule has 2 rings (SSSR count). The van der Waals surface area contributed by atoms with Gasteiger partial charge in [-0.1, -0.05) is 43.7 Å². The number of H-pyrrole nitrogens is 1. The van der Waals surface area contributed by atoms with Gasteiger partial charge in [0.25, 0.3) is 5.56 Å². The van der Waals surface area contributed by atoms with Crippen LogP contribution in [0, 0.1) is 6.92 Å². The third kappa shape index (κ3) is 3.24. The van der Waals surface area contributed by atoms with E-state index in [2.05, 4.69) is 9.97 Å². The highest BCUT2D eigenvalue weighted by Gasteiger charge is 2.26. The van der Waals surface area contributed by atoms with Crippen LogP contribution in [0.1, 0.15) is 36.9 Å². The maximum atomic E-state index is 12.5. The summed E-state index contributed by atoms with van der Waals surface area (Å²) in [5, 5.41) is 0. The van der Waals surface area contributed by atoms with Gasteiger partial charge in [-0.15, -0.1) is 0 Å². The Kier molecular flexibility index (Phi) is 5.09. The van der Waals surface area contributed by atoms with Crippen LogP contribution in [0.4, 0.5) is 0 Å². The van der Waals surface area contributed by atoms with Crippen LogP contribution >= 0.6 is 0 Å². The fourth-order valence-corrected chi connectivity index (χ4v) is 2.55. The van der Waals surface area contributed by atoms with Gasteiger partial charge < -0.3 is 9.72 Å². The number of nitrogens with zero attached hydrogens (tertiary/aromatic N) is 1. The minimum Gasteiger partial charge on any atom is -0.469 e. The second kappa shape index (κ2) is 7.02. The molecule has 1 N–H and O–H groups in total.